The maximum Gasteiger partial charge on any atom is 0.0562 e. The molecular formula is C34H22N2. The van der Waals surface area contributed by atoms with Gasteiger partial charge in [0.2, 0.25) is 0 Å². The van der Waals surface area contributed by atoms with E-state index in [-0.39, 0.29) is 0 Å². The van der Waals surface area contributed by atoms with Gasteiger partial charge in [0.05, 0.1) is 22.1 Å². The monoisotopic (exact) mass is 458 g/mol. The van der Waals surface area contributed by atoms with Crippen LogP contribution in [0, 0.1) is 0 Å². The Morgan fingerprint density at radius 1 is 0.306 bits per heavy atom. The molecule has 2 nitrogen and oxygen atoms in total. The molecule has 8 rings (SSSR count). The average molecular weight is 459 g/mol. The van der Waals surface area contributed by atoms with Gasteiger partial charge in [-0.15, -0.1) is 0 Å². The molecule has 0 radical (unpaired) electrons. The second kappa shape index (κ2) is 7.34. The van der Waals surface area contributed by atoms with E-state index in [9.17, 15) is 0 Å². The summed E-state index contributed by atoms with van der Waals surface area (Å²) in [6.45, 7) is 0. The highest BCUT2D eigenvalue weighted by molar-refractivity contribution is 6.20. The predicted octanol–water partition coefficient (Wildman–Crippen LogP) is 9.03. The highest BCUT2D eigenvalue weighted by atomic mass is 15.0. The molecule has 0 saturated carbocycles. The van der Waals surface area contributed by atoms with Gasteiger partial charge in [-0.25, -0.2) is 0 Å². The highest BCUT2D eigenvalue weighted by Gasteiger charge is 2.18. The van der Waals surface area contributed by atoms with Gasteiger partial charge in [-0.05, 0) is 65.4 Å². The van der Waals surface area contributed by atoms with Crippen LogP contribution in [0.4, 0.5) is 0 Å². The molecule has 0 atom stereocenters. The smallest absolute Gasteiger partial charge is 0.0562 e. The predicted molar refractivity (Wildman–Crippen MR) is 153 cm³/mol. The summed E-state index contributed by atoms with van der Waals surface area (Å²) in [5.41, 5.74) is 7.26. The zero-order chi connectivity index (χ0) is 23.6. The summed E-state index contributed by atoms with van der Waals surface area (Å²) < 4.78 is 4.82. The van der Waals surface area contributed by atoms with E-state index in [0.29, 0.717) is 0 Å². The van der Waals surface area contributed by atoms with E-state index in [1.54, 1.807) is 0 Å². The number of aromatic nitrogens is 2. The third-order valence-corrected chi connectivity index (χ3v) is 7.45. The zero-order valence-electron chi connectivity index (χ0n) is 19.6. The molecule has 0 saturated heterocycles. The number of hydrogen-bond acceptors (Lipinski definition) is 0. The highest BCUT2D eigenvalue weighted by Crippen LogP contribution is 2.40. The summed E-state index contributed by atoms with van der Waals surface area (Å²) in [6, 6.07) is 48.3. The lowest BCUT2D eigenvalue weighted by Gasteiger charge is -2.10. The second-order valence-electron chi connectivity index (χ2n) is 9.46. The fourth-order valence-electron chi connectivity index (χ4n) is 5.87. The molecule has 36 heavy (non-hydrogen) atoms. The molecule has 0 aliphatic rings. The minimum absolute atomic E-state index is 1.18. The Balaban J connectivity index is 1.61. The number of hydrogen-bond donors (Lipinski definition) is 0. The Morgan fingerprint density at radius 2 is 0.778 bits per heavy atom. The van der Waals surface area contributed by atoms with Crippen LogP contribution in [0.15, 0.2) is 133 Å². The molecule has 0 spiro atoms. The van der Waals surface area contributed by atoms with Crippen molar-refractivity contribution in [1.82, 2.24) is 9.13 Å². The fourth-order valence-corrected chi connectivity index (χ4v) is 5.87. The molecule has 168 valence electrons. The molecule has 0 aliphatic carbocycles. The standard InChI is InChI=1S/C34H22N2/c1-3-13-25(14-4-1)35-31-18-10-9-17-27(31)29-21-30-28-19-23-11-7-8-12-24(23)20-32(28)36(34(30)22-33(29)35)26-15-5-2-6-16-26/h1-22H. The lowest BCUT2D eigenvalue weighted by Crippen LogP contribution is -1.95. The van der Waals surface area contributed by atoms with Crippen LogP contribution >= 0.6 is 0 Å². The first-order chi connectivity index (χ1) is 17.9. The maximum absolute atomic E-state index is 2.42. The van der Waals surface area contributed by atoms with Crippen LogP contribution in [-0.2, 0) is 0 Å². The van der Waals surface area contributed by atoms with Crippen LogP contribution in [0.2, 0.25) is 0 Å². The molecule has 0 N–H and O–H groups in total. The first kappa shape index (κ1) is 19.5. The molecule has 6 aromatic carbocycles. The molecule has 0 fully saturated rings. The molecule has 0 amide bonds. The van der Waals surface area contributed by atoms with Crippen molar-refractivity contribution >= 4 is 54.4 Å². The quantitative estimate of drug-likeness (QED) is 0.244. The van der Waals surface area contributed by atoms with E-state index < -0.39 is 0 Å². The molecular weight excluding hydrogens is 436 g/mol. The van der Waals surface area contributed by atoms with Crippen molar-refractivity contribution in [1.29, 1.82) is 0 Å². The van der Waals surface area contributed by atoms with E-state index >= 15 is 0 Å². The largest absolute Gasteiger partial charge is 0.309 e. The molecule has 0 aliphatic heterocycles. The van der Waals surface area contributed by atoms with Crippen molar-refractivity contribution in [3.8, 4) is 11.4 Å². The van der Waals surface area contributed by atoms with Crippen LogP contribution in [0.3, 0.4) is 0 Å². The molecule has 0 bridgehead atoms. The van der Waals surface area contributed by atoms with Crippen LogP contribution in [0.5, 0.6) is 0 Å². The van der Waals surface area contributed by atoms with E-state index in [1.807, 2.05) is 0 Å². The third-order valence-electron chi connectivity index (χ3n) is 7.45. The second-order valence-corrected chi connectivity index (χ2v) is 9.46. The Hall–Kier alpha value is -4.82. The minimum Gasteiger partial charge on any atom is -0.309 e. The van der Waals surface area contributed by atoms with Gasteiger partial charge >= 0.3 is 0 Å². The summed E-state index contributed by atoms with van der Waals surface area (Å²) in [7, 11) is 0. The van der Waals surface area contributed by atoms with Crippen LogP contribution in [-0.4, -0.2) is 9.13 Å². The van der Waals surface area contributed by atoms with Crippen LogP contribution in [0.1, 0.15) is 0 Å². The average Bonchev–Trinajstić information content (AvgIpc) is 3.43. The molecule has 0 unspecified atom stereocenters. The first-order valence-electron chi connectivity index (χ1n) is 12.4. The van der Waals surface area contributed by atoms with Crippen molar-refractivity contribution < 1.29 is 0 Å². The van der Waals surface area contributed by atoms with E-state index in [0.717, 1.165) is 0 Å². The SMILES string of the molecule is c1ccc(-n2c3ccccc3c3cc4c5cc6ccccc6cc5n(-c5ccccc5)c4cc32)cc1. The Morgan fingerprint density at radius 3 is 1.47 bits per heavy atom. The van der Waals surface area contributed by atoms with Gasteiger partial charge in [0, 0.05) is 32.9 Å². The van der Waals surface area contributed by atoms with Gasteiger partial charge in [-0.2, -0.15) is 0 Å². The van der Waals surface area contributed by atoms with Crippen LogP contribution < -0.4 is 0 Å². The van der Waals surface area contributed by atoms with Gasteiger partial charge < -0.3 is 9.13 Å². The Labute approximate surface area is 208 Å². The normalized spacial score (nSPS) is 11.9. The first-order valence-corrected chi connectivity index (χ1v) is 12.4. The lowest BCUT2D eigenvalue weighted by molar-refractivity contribution is 1.17. The number of rotatable bonds is 2. The van der Waals surface area contributed by atoms with Gasteiger partial charge in [0.15, 0.2) is 0 Å². The molecule has 2 heterocycles. The van der Waals surface area contributed by atoms with Gasteiger partial charge in [-0.3, -0.25) is 0 Å². The molecule has 8 aromatic rings. The Bertz CT molecular complexity index is 2080. The van der Waals surface area contributed by atoms with Crippen molar-refractivity contribution in [2.45, 2.75) is 0 Å². The van der Waals surface area contributed by atoms with Crippen LogP contribution in [0.25, 0.3) is 65.8 Å². The topological polar surface area (TPSA) is 9.86 Å². The number of nitrogens with zero attached hydrogens (tertiary/aromatic N) is 2. The summed E-state index contributed by atoms with van der Waals surface area (Å²) >= 11 is 0. The fraction of sp³-hybridized carbons (Fsp3) is 0. The van der Waals surface area contributed by atoms with Gasteiger partial charge in [0.1, 0.15) is 0 Å². The lowest BCUT2D eigenvalue weighted by atomic mass is 10.0. The van der Waals surface area contributed by atoms with E-state index in [1.165, 1.54) is 65.8 Å². The van der Waals surface area contributed by atoms with Crippen molar-refractivity contribution in [3.05, 3.63) is 133 Å². The number of benzene rings is 6. The minimum atomic E-state index is 1.18. The maximum atomic E-state index is 2.42. The summed E-state index contributed by atoms with van der Waals surface area (Å²) in [5, 5.41) is 7.65. The molecule has 2 heteroatoms. The number of fused-ring (bicyclic) bond motifs is 7. The van der Waals surface area contributed by atoms with Crippen molar-refractivity contribution in [2.75, 3.05) is 0 Å². The summed E-state index contributed by atoms with van der Waals surface area (Å²) in [5.74, 6) is 0. The third kappa shape index (κ3) is 2.67. The number of para-hydroxylation sites is 3. The van der Waals surface area contributed by atoms with Gasteiger partial charge in [0.25, 0.3) is 0 Å². The van der Waals surface area contributed by atoms with E-state index in [4.69, 9.17) is 0 Å². The Kier molecular flexibility index (Phi) is 3.97. The summed E-state index contributed by atoms with van der Waals surface area (Å²) in [6.07, 6.45) is 0. The van der Waals surface area contributed by atoms with E-state index in [2.05, 4.69) is 143 Å². The summed E-state index contributed by atoms with van der Waals surface area (Å²) in [4.78, 5) is 0. The molecule has 2 aromatic heterocycles. The zero-order valence-corrected chi connectivity index (χ0v) is 19.6. The van der Waals surface area contributed by atoms with Crippen molar-refractivity contribution in [2.24, 2.45) is 0 Å². The van der Waals surface area contributed by atoms with Gasteiger partial charge in [-0.1, -0.05) is 78.9 Å². The van der Waals surface area contributed by atoms with Crippen molar-refractivity contribution in [3.63, 3.8) is 0 Å².